The number of guanidine groups is 1. The standard InChI is InChI=1S/C15H25N3O2/c1-4-16-14(18-12-6-5-7-12)17-10-15(3,19)13-9-8-11(2)20-13/h8-9,12,19H,4-7,10H2,1-3H3,(H2,16,17,18). The molecule has 112 valence electrons. The second-order valence-electron chi connectivity index (χ2n) is 5.65. The van der Waals surface area contributed by atoms with Crippen LogP contribution in [0.1, 0.15) is 44.6 Å². The van der Waals surface area contributed by atoms with E-state index in [9.17, 15) is 5.11 Å². The van der Waals surface area contributed by atoms with Gasteiger partial charge < -0.3 is 20.2 Å². The van der Waals surface area contributed by atoms with E-state index < -0.39 is 5.60 Å². The summed E-state index contributed by atoms with van der Waals surface area (Å²) in [5, 5.41) is 17.1. The predicted octanol–water partition coefficient (Wildman–Crippen LogP) is 1.90. The van der Waals surface area contributed by atoms with Gasteiger partial charge in [-0.2, -0.15) is 0 Å². The number of hydrogen-bond donors (Lipinski definition) is 3. The van der Waals surface area contributed by atoms with Crippen molar-refractivity contribution in [3.8, 4) is 0 Å². The second kappa shape index (κ2) is 6.31. The van der Waals surface area contributed by atoms with Gasteiger partial charge in [0.15, 0.2) is 5.96 Å². The molecule has 0 spiro atoms. The van der Waals surface area contributed by atoms with Crippen LogP contribution >= 0.6 is 0 Å². The summed E-state index contributed by atoms with van der Waals surface area (Å²) in [6.07, 6.45) is 3.66. The lowest BCUT2D eigenvalue weighted by molar-refractivity contribution is 0.0428. The first-order valence-electron chi connectivity index (χ1n) is 7.35. The molecular formula is C15H25N3O2. The van der Waals surface area contributed by atoms with E-state index in [-0.39, 0.29) is 6.54 Å². The maximum atomic E-state index is 10.5. The lowest BCUT2D eigenvalue weighted by Crippen LogP contribution is -2.46. The summed E-state index contributed by atoms with van der Waals surface area (Å²) in [6, 6.07) is 4.17. The minimum Gasteiger partial charge on any atom is -0.463 e. The SMILES string of the molecule is CCNC(=NCC(C)(O)c1ccc(C)o1)NC1CCC1. The van der Waals surface area contributed by atoms with Crippen molar-refractivity contribution in [1.29, 1.82) is 0 Å². The van der Waals surface area contributed by atoms with Crippen LogP contribution in [0.3, 0.4) is 0 Å². The van der Waals surface area contributed by atoms with Crippen LogP contribution in [-0.2, 0) is 5.60 Å². The van der Waals surface area contributed by atoms with Crippen molar-refractivity contribution in [2.24, 2.45) is 4.99 Å². The molecule has 1 aliphatic carbocycles. The average molecular weight is 279 g/mol. The molecule has 1 unspecified atom stereocenters. The third-order valence-electron chi connectivity index (χ3n) is 3.61. The monoisotopic (exact) mass is 279 g/mol. The largest absolute Gasteiger partial charge is 0.463 e. The molecule has 0 amide bonds. The van der Waals surface area contributed by atoms with E-state index in [1.165, 1.54) is 19.3 Å². The van der Waals surface area contributed by atoms with Crippen molar-refractivity contribution in [3.05, 3.63) is 23.7 Å². The van der Waals surface area contributed by atoms with Gasteiger partial charge in [0.1, 0.15) is 17.1 Å². The van der Waals surface area contributed by atoms with E-state index in [1.54, 1.807) is 13.0 Å². The highest BCUT2D eigenvalue weighted by molar-refractivity contribution is 5.80. The molecule has 3 N–H and O–H groups in total. The highest BCUT2D eigenvalue weighted by Crippen LogP contribution is 2.23. The van der Waals surface area contributed by atoms with E-state index >= 15 is 0 Å². The molecule has 1 aromatic heterocycles. The highest BCUT2D eigenvalue weighted by Gasteiger charge is 2.27. The van der Waals surface area contributed by atoms with Crippen molar-refractivity contribution in [2.75, 3.05) is 13.1 Å². The molecule has 0 bridgehead atoms. The number of furan rings is 1. The zero-order chi connectivity index (χ0) is 14.6. The van der Waals surface area contributed by atoms with Crippen molar-refractivity contribution in [1.82, 2.24) is 10.6 Å². The van der Waals surface area contributed by atoms with Gasteiger partial charge in [-0.3, -0.25) is 0 Å². The van der Waals surface area contributed by atoms with Gasteiger partial charge in [-0.1, -0.05) is 0 Å². The Bertz CT molecular complexity index is 461. The normalized spacial score (nSPS) is 19.3. The van der Waals surface area contributed by atoms with Gasteiger partial charge in [-0.05, 0) is 52.2 Å². The Morgan fingerprint density at radius 3 is 2.75 bits per heavy atom. The number of nitrogens with one attached hydrogen (secondary N) is 2. The molecule has 0 aliphatic heterocycles. The van der Waals surface area contributed by atoms with Crippen molar-refractivity contribution >= 4 is 5.96 Å². The van der Waals surface area contributed by atoms with Gasteiger partial charge in [-0.15, -0.1) is 0 Å². The molecule has 0 saturated heterocycles. The molecule has 2 rings (SSSR count). The molecule has 1 heterocycles. The van der Waals surface area contributed by atoms with Crippen LogP contribution in [0.15, 0.2) is 21.5 Å². The Labute approximate surface area is 120 Å². The number of aryl methyl sites for hydroxylation is 1. The molecule has 1 aromatic rings. The van der Waals surface area contributed by atoms with Gasteiger partial charge in [0.2, 0.25) is 0 Å². The zero-order valence-electron chi connectivity index (χ0n) is 12.6. The first kappa shape index (κ1) is 14.9. The van der Waals surface area contributed by atoms with Crippen LogP contribution in [0.2, 0.25) is 0 Å². The predicted molar refractivity (Wildman–Crippen MR) is 79.8 cm³/mol. The first-order chi connectivity index (χ1) is 9.51. The van der Waals surface area contributed by atoms with Gasteiger partial charge in [0, 0.05) is 12.6 Å². The van der Waals surface area contributed by atoms with Gasteiger partial charge >= 0.3 is 0 Å². The summed E-state index contributed by atoms with van der Waals surface area (Å²) in [7, 11) is 0. The fraction of sp³-hybridized carbons (Fsp3) is 0.667. The third kappa shape index (κ3) is 3.76. The lowest BCUT2D eigenvalue weighted by Gasteiger charge is -2.28. The number of hydrogen-bond acceptors (Lipinski definition) is 3. The Morgan fingerprint density at radius 1 is 1.50 bits per heavy atom. The smallest absolute Gasteiger partial charge is 0.191 e. The van der Waals surface area contributed by atoms with E-state index in [0.717, 1.165) is 18.3 Å². The van der Waals surface area contributed by atoms with E-state index in [2.05, 4.69) is 15.6 Å². The van der Waals surface area contributed by atoms with Gasteiger partial charge in [0.05, 0.1) is 6.54 Å². The molecule has 1 saturated carbocycles. The van der Waals surface area contributed by atoms with Gasteiger partial charge in [0.25, 0.3) is 0 Å². The van der Waals surface area contributed by atoms with Crippen LogP contribution in [0.5, 0.6) is 0 Å². The lowest BCUT2D eigenvalue weighted by atomic mass is 9.93. The van der Waals surface area contributed by atoms with E-state index in [4.69, 9.17) is 4.42 Å². The van der Waals surface area contributed by atoms with Crippen molar-refractivity contribution in [3.63, 3.8) is 0 Å². The van der Waals surface area contributed by atoms with Crippen molar-refractivity contribution < 1.29 is 9.52 Å². The molecule has 1 fully saturated rings. The highest BCUT2D eigenvalue weighted by atomic mass is 16.4. The molecule has 0 radical (unpaired) electrons. The maximum Gasteiger partial charge on any atom is 0.191 e. The zero-order valence-corrected chi connectivity index (χ0v) is 12.6. The fourth-order valence-electron chi connectivity index (χ4n) is 2.10. The minimum absolute atomic E-state index is 0.266. The summed E-state index contributed by atoms with van der Waals surface area (Å²) >= 11 is 0. The summed E-state index contributed by atoms with van der Waals surface area (Å²) in [5.74, 6) is 2.11. The summed E-state index contributed by atoms with van der Waals surface area (Å²) < 4.78 is 5.49. The fourth-order valence-corrected chi connectivity index (χ4v) is 2.10. The number of aliphatic imine (C=N–C) groups is 1. The minimum atomic E-state index is -1.09. The number of aliphatic hydroxyl groups is 1. The molecule has 1 aliphatic rings. The quantitative estimate of drug-likeness (QED) is 0.569. The van der Waals surface area contributed by atoms with E-state index in [1.807, 2.05) is 19.9 Å². The number of nitrogens with zero attached hydrogens (tertiary/aromatic N) is 1. The Balaban J connectivity index is 1.99. The molecule has 5 nitrogen and oxygen atoms in total. The van der Waals surface area contributed by atoms with Crippen LogP contribution in [0, 0.1) is 6.92 Å². The molecule has 1 atom stereocenters. The number of rotatable bonds is 5. The summed E-state index contributed by atoms with van der Waals surface area (Å²) in [4.78, 5) is 4.48. The summed E-state index contributed by atoms with van der Waals surface area (Å²) in [5.41, 5.74) is -1.09. The Hall–Kier alpha value is -1.49. The molecule has 20 heavy (non-hydrogen) atoms. The average Bonchev–Trinajstić information content (AvgIpc) is 2.78. The van der Waals surface area contributed by atoms with E-state index in [0.29, 0.717) is 11.8 Å². The van der Waals surface area contributed by atoms with Crippen molar-refractivity contribution in [2.45, 2.75) is 51.7 Å². The van der Waals surface area contributed by atoms with Gasteiger partial charge in [-0.25, -0.2) is 4.99 Å². The third-order valence-corrected chi connectivity index (χ3v) is 3.61. The van der Waals surface area contributed by atoms with Crippen LogP contribution < -0.4 is 10.6 Å². The topological polar surface area (TPSA) is 69.8 Å². The van der Waals surface area contributed by atoms with Crippen LogP contribution in [0.4, 0.5) is 0 Å². The van der Waals surface area contributed by atoms with Crippen LogP contribution in [-0.4, -0.2) is 30.2 Å². The first-order valence-corrected chi connectivity index (χ1v) is 7.35. The summed E-state index contributed by atoms with van der Waals surface area (Å²) in [6.45, 7) is 6.70. The second-order valence-corrected chi connectivity index (χ2v) is 5.65. The molecule has 0 aromatic carbocycles. The maximum absolute atomic E-state index is 10.5. The Morgan fingerprint density at radius 2 is 2.25 bits per heavy atom. The molecule has 5 heteroatoms. The Kier molecular flexibility index (Phi) is 4.70. The van der Waals surface area contributed by atoms with Crippen LogP contribution in [0.25, 0.3) is 0 Å². The molecular weight excluding hydrogens is 254 g/mol.